The van der Waals surface area contributed by atoms with Crippen LogP contribution in [-0.2, 0) is 19.1 Å². The lowest BCUT2D eigenvalue weighted by atomic mass is 9.99. The van der Waals surface area contributed by atoms with E-state index in [2.05, 4.69) is 9.47 Å². The van der Waals surface area contributed by atoms with E-state index < -0.39 is 47.8 Å². The molecule has 128 valence electrons. The second-order valence-electron chi connectivity index (χ2n) is 5.53. The Morgan fingerprint density at radius 3 is 1.18 bits per heavy atom. The Morgan fingerprint density at radius 2 is 1.09 bits per heavy atom. The van der Waals surface area contributed by atoms with Crippen molar-refractivity contribution in [1.29, 1.82) is 0 Å². The molecule has 2 fully saturated rings. The predicted molar refractivity (Wildman–Crippen MR) is 68.6 cm³/mol. The van der Waals surface area contributed by atoms with Gasteiger partial charge < -0.3 is 9.47 Å². The lowest BCUT2D eigenvalue weighted by molar-refractivity contribution is -0.160. The molecule has 4 atom stereocenters. The van der Waals surface area contributed by atoms with E-state index in [1.165, 1.54) is 13.8 Å². The Labute approximate surface area is 126 Å². The number of carbonyl (C=O) groups excluding carboxylic acids is 2. The zero-order valence-corrected chi connectivity index (χ0v) is 12.9. The van der Waals surface area contributed by atoms with Gasteiger partial charge in [0.1, 0.15) is 12.2 Å². The number of rotatable bonds is 2. The first-order valence-corrected chi connectivity index (χ1v) is 7.17. The van der Waals surface area contributed by atoms with E-state index >= 15 is 0 Å². The van der Waals surface area contributed by atoms with Crippen LogP contribution in [0.3, 0.4) is 0 Å². The summed E-state index contributed by atoms with van der Waals surface area (Å²) in [6, 6.07) is 0. The van der Waals surface area contributed by atoms with Gasteiger partial charge in [-0.2, -0.15) is 17.6 Å². The lowest BCUT2D eigenvalue weighted by Gasteiger charge is -2.12. The maximum atomic E-state index is 12.7. The Morgan fingerprint density at radius 1 is 0.818 bits per heavy atom. The molecular weight excluding hydrogens is 308 g/mol. The second-order valence-corrected chi connectivity index (χ2v) is 5.53. The molecule has 0 aromatic heterocycles. The van der Waals surface area contributed by atoms with Crippen molar-refractivity contribution in [2.24, 2.45) is 11.8 Å². The van der Waals surface area contributed by atoms with Crippen LogP contribution >= 0.6 is 0 Å². The van der Waals surface area contributed by atoms with Gasteiger partial charge in [0.2, 0.25) is 0 Å². The van der Waals surface area contributed by atoms with Gasteiger partial charge >= 0.3 is 23.8 Å². The molecule has 0 saturated carbocycles. The summed E-state index contributed by atoms with van der Waals surface area (Å²) < 4.78 is 59.7. The zero-order valence-electron chi connectivity index (χ0n) is 12.9. The molecule has 2 rings (SSSR count). The molecule has 2 aliphatic rings. The highest BCUT2D eigenvalue weighted by Gasteiger charge is 2.57. The van der Waals surface area contributed by atoms with Gasteiger partial charge in [0.25, 0.3) is 0 Å². The monoisotopic (exact) mass is 328 g/mol. The Hall–Kier alpha value is -1.34. The quantitative estimate of drug-likeness (QED) is 0.577. The summed E-state index contributed by atoms with van der Waals surface area (Å²) in [5.74, 6) is -11.3. The van der Waals surface area contributed by atoms with Crippen molar-refractivity contribution in [3.63, 3.8) is 0 Å². The molecule has 22 heavy (non-hydrogen) atoms. The fourth-order valence-corrected chi connectivity index (χ4v) is 2.35. The maximum absolute atomic E-state index is 12.7. The van der Waals surface area contributed by atoms with Gasteiger partial charge in [0.15, 0.2) is 0 Å². The normalized spacial score (nSPS) is 35.5. The third-order valence-corrected chi connectivity index (χ3v) is 4.12. The van der Waals surface area contributed by atoms with Crippen LogP contribution in [0.1, 0.15) is 40.5 Å². The van der Waals surface area contributed by atoms with Crippen molar-refractivity contribution in [2.45, 2.75) is 64.6 Å². The summed E-state index contributed by atoms with van der Waals surface area (Å²) >= 11 is 0. The molecule has 0 aliphatic carbocycles. The van der Waals surface area contributed by atoms with Gasteiger partial charge in [0, 0.05) is 0 Å². The van der Waals surface area contributed by atoms with E-state index in [-0.39, 0.29) is 0 Å². The van der Waals surface area contributed by atoms with Gasteiger partial charge in [0.05, 0.1) is 11.8 Å². The average Bonchev–Trinajstić information content (AvgIpc) is 2.78. The van der Waals surface area contributed by atoms with Crippen LogP contribution in [0.15, 0.2) is 0 Å². The number of alkyl halides is 4. The van der Waals surface area contributed by atoms with Crippen LogP contribution in [0.25, 0.3) is 0 Å². The van der Waals surface area contributed by atoms with E-state index in [0.29, 0.717) is 12.8 Å². The topological polar surface area (TPSA) is 52.6 Å². The Kier molecular flexibility index (Phi) is 5.46. The minimum atomic E-state index is -3.28. The first-order valence-electron chi connectivity index (χ1n) is 7.17. The SMILES string of the molecule is CC[C@H]1OC(=O)C(F)(F)[C@@H]1C.CC[C@H]1OC(=O)C(F)(F)[C@H]1C. The van der Waals surface area contributed by atoms with E-state index in [9.17, 15) is 27.2 Å². The highest BCUT2D eigenvalue weighted by molar-refractivity contribution is 5.80. The summed E-state index contributed by atoms with van der Waals surface area (Å²) in [6.07, 6.45) is -0.333. The van der Waals surface area contributed by atoms with Crippen molar-refractivity contribution in [3.8, 4) is 0 Å². The Balaban J connectivity index is 0.000000220. The number of halogens is 4. The molecule has 0 bridgehead atoms. The number of hydrogen-bond acceptors (Lipinski definition) is 4. The maximum Gasteiger partial charge on any atom is 0.377 e. The van der Waals surface area contributed by atoms with Gasteiger partial charge in [-0.15, -0.1) is 0 Å². The number of hydrogen-bond donors (Lipinski definition) is 0. The minimum Gasteiger partial charge on any atom is -0.457 e. The van der Waals surface area contributed by atoms with E-state index in [1.807, 2.05) is 0 Å². The van der Waals surface area contributed by atoms with Gasteiger partial charge in [-0.25, -0.2) is 9.59 Å². The van der Waals surface area contributed by atoms with E-state index in [1.54, 1.807) is 13.8 Å². The average molecular weight is 328 g/mol. The number of esters is 2. The minimum absolute atomic E-state index is 0.447. The molecule has 2 heterocycles. The fourth-order valence-electron chi connectivity index (χ4n) is 2.35. The summed E-state index contributed by atoms with van der Waals surface area (Å²) in [5.41, 5.74) is 0. The molecule has 2 saturated heterocycles. The van der Waals surface area contributed by atoms with Gasteiger partial charge in [-0.05, 0) is 12.8 Å². The van der Waals surface area contributed by atoms with Crippen LogP contribution in [0.5, 0.6) is 0 Å². The van der Waals surface area contributed by atoms with Gasteiger partial charge in [-0.3, -0.25) is 0 Å². The first kappa shape index (κ1) is 18.7. The summed E-state index contributed by atoms with van der Waals surface area (Å²) in [7, 11) is 0. The molecule has 0 aromatic carbocycles. The molecule has 0 amide bonds. The van der Waals surface area contributed by atoms with Crippen molar-refractivity contribution in [3.05, 3.63) is 0 Å². The van der Waals surface area contributed by atoms with Crippen LogP contribution in [0.4, 0.5) is 17.6 Å². The molecule has 0 N–H and O–H groups in total. The fraction of sp³-hybridized carbons (Fsp3) is 0.857. The second kappa shape index (κ2) is 6.42. The van der Waals surface area contributed by atoms with Crippen LogP contribution < -0.4 is 0 Å². The summed E-state index contributed by atoms with van der Waals surface area (Å²) in [6.45, 7) is 6.10. The third kappa shape index (κ3) is 3.20. The highest BCUT2D eigenvalue weighted by Crippen LogP contribution is 2.38. The lowest BCUT2D eigenvalue weighted by Crippen LogP contribution is -2.30. The number of carbonyl (C=O) groups is 2. The molecule has 0 spiro atoms. The standard InChI is InChI=1S/2C7H10F2O2/c2*1-3-5-4(2)7(8,9)6(10)11-5/h2*4-5H,3H2,1-2H3/t4-,5+;4-,5-/m01/s1. The van der Waals surface area contributed by atoms with Crippen LogP contribution in [0.2, 0.25) is 0 Å². The van der Waals surface area contributed by atoms with Crippen LogP contribution in [-0.4, -0.2) is 36.0 Å². The van der Waals surface area contributed by atoms with Crippen molar-refractivity contribution < 1.29 is 36.6 Å². The Bertz CT molecular complexity index is 399. The summed E-state index contributed by atoms with van der Waals surface area (Å²) in [5, 5.41) is 0. The molecule has 2 aliphatic heterocycles. The zero-order chi connectivity index (χ0) is 17.3. The smallest absolute Gasteiger partial charge is 0.377 e. The molecule has 4 nitrogen and oxygen atoms in total. The third-order valence-electron chi connectivity index (χ3n) is 4.12. The summed E-state index contributed by atoms with van der Waals surface area (Å²) in [4.78, 5) is 21.0. The predicted octanol–water partition coefficient (Wildman–Crippen LogP) is 3.19. The van der Waals surface area contributed by atoms with Crippen LogP contribution in [0, 0.1) is 11.8 Å². The molecule has 0 aromatic rings. The molecule has 8 heteroatoms. The van der Waals surface area contributed by atoms with Crippen molar-refractivity contribution in [1.82, 2.24) is 0 Å². The van der Waals surface area contributed by atoms with Crippen molar-refractivity contribution >= 4 is 11.9 Å². The number of ether oxygens (including phenoxy) is 2. The first-order chi connectivity index (χ1) is 9.99. The molecule has 0 radical (unpaired) electrons. The largest absolute Gasteiger partial charge is 0.457 e. The van der Waals surface area contributed by atoms with Gasteiger partial charge in [-0.1, -0.05) is 27.7 Å². The molecular formula is C14H20F4O4. The molecule has 0 unspecified atom stereocenters. The van der Waals surface area contributed by atoms with E-state index in [0.717, 1.165) is 0 Å². The highest BCUT2D eigenvalue weighted by atomic mass is 19.3. The number of cyclic esters (lactones) is 2. The van der Waals surface area contributed by atoms with E-state index in [4.69, 9.17) is 0 Å². The van der Waals surface area contributed by atoms with Crippen molar-refractivity contribution in [2.75, 3.05) is 0 Å².